The first kappa shape index (κ1) is 18.8. The van der Waals surface area contributed by atoms with Gasteiger partial charge in [-0.05, 0) is 47.7 Å². The molecule has 0 radical (unpaired) electrons. The van der Waals surface area contributed by atoms with Crippen LogP contribution in [0.2, 0.25) is 0 Å². The Morgan fingerprint density at radius 2 is 2.04 bits per heavy atom. The Hall–Kier alpha value is -2.93. The van der Waals surface area contributed by atoms with Gasteiger partial charge in [0, 0.05) is 13.0 Å². The number of aromatic nitrogens is 3. The predicted molar refractivity (Wildman–Crippen MR) is 101 cm³/mol. The van der Waals surface area contributed by atoms with E-state index in [9.17, 15) is 15.0 Å². The largest absolute Gasteiger partial charge is 0.494 e. The van der Waals surface area contributed by atoms with E-state index < -0.39 is 11.9 Å². The zero-order chi connectivity index (χ0) is 19.7. The molecule has 1 heterocycles. The van der Waals surface area contributed by atoms with Gasteiger partial charge in [0.25, 0.3) is 0 Å². The molecule has 0 saturated carbocycles. The Kier molecular flexibility index (Phi) is 5.14. The van der Waals surface area contributed by atoms with Crippen LogP contribution in [0.1, 0.15) is 40.2 Å². The highest BCUT2D eigenvalue weighted by Crippen LogP contribution is 2.38. The van der Waals surface area contributed by atoms with Crippen molar-refractivity contribution in [1.29, 1.82) is 0 Å². The molecule has 7 heteroatoms. The number of aliphatic carboxylic acids is 1. The number of rotatable bonds is 6. The average molecular weight is 369 g/mol. The predicted octanol–water partition coefficient (Wildman–Crippen LogP) is 2.69. The minimum atomic E-state index is -0.899. The summed E-state index contributed by atoms with van der Waals surface area (Å²) in [6, 6.07) is 7.56. The second-order valence-electron chi connectivity index (χ2n) is 6.70. The lowest BCUT2D eigenvalue weighted by Crippen LogP contribution is -2.11. The molecule has 0 aliphatic rings. The number of ether oxygens (including phenoxy) is 1. The van der Waals surface area contributed by atoms with E-state index in [0.717, 1.165) is 33.3 Å². The lowest BCUT2D eigenvalue weighted by atomic mass is 9.84. The van der Waals surface area contributed by atoms with Crippen LogP contribution in [0.4, 0.5) is 0 Å². The van der Waals surface area contributed by atoms with Crippen LogP contribution in [0.5, 0.6) is 5.75 Å². The number of nitrogens with zero attached hydrogens (tertiary/aromatic N) is 3. The third-order valence-corrected chi connectivity index (χ3v) is 5.05. The molecule has 0 aliphatic heterocycles. The first-order valence-electron chi connectivity index (χ1n) is 8.66. The van der Waals surface area contributed by atoms with Crippen molar-refractivity contribution in [1.82, 2.24) is 15.0 Å². The summed E-state index contributed by atoms with van der Waals surface area (Å²) in [7, 11) is 3.36. The smallest absolute Gasteiger partial charge is 0.304 e. The first-order chi connectivity index (χ1) is 12.9. The molecule has 0 fully saturated rings. The zero-order valence-corrected chi connectivity index (χ0v) is 15.9. The molecule has 0 amide bonds. The molecule has 2 aromatic carbocycles. The van der Waals surface area contributed by atoms with Crippen LogP contribution >= 0.6 is 0 Å². The highest BCUT2D eigenvalue weighted by molar-refractivity contribution is 5.86. The molecule has 0 spiro atoms. The van der Waals surface area contributed by atoms with Gasteiger partial charge in [-0.1, -0.05) is 23.4 Å². The van der Waals surface area contributed by atoms with E-state index in [2.05, 4.69) is 10.3 Å². The molecule has 27 heavy (non-hydrogen) atoms. The standard InChI is InChI=1S/C20H23N3O4/c1-11-5-6-13(7-14(11)10-24)16(9-18(25)26)15-8-17(27-4)20-19(12(15)2)21-22-23(20)3/h5-8,16,24H,9-10H2,1-4H3,(H,25,26). The molecular weight excluding hydrogens is 346 g/mol. The van der Waals surface area contributed by atoms with Crippen molar-refractivity contribution in [3.63, 3.8) is 0 Å². The SMILES string of the molecule is COc1cc(C(CC(=O)O)c2ccc(C)c(CO)c2)c(C)c2nnn(C)c12. The summed E-state index contributed by atoms with van der Waals surface area (Å²) in [4.78, 5) is 11.6. The molecule has 1 unspecified atom stereocenters. The van der Waals surface area contributed by atoms with Crippen molar-refractivity contribution < 1.29 is 19.7 Å². The number of methoxy groups -OCH3 is 1. The van der Waals surface area contributed by atoms with Crippen molar-refractivity contribution in [2.45, 2.75) is 32.8 Å². The number of carboxylic acids is 1. The van der Waals surface area contributed by atoms with Crippen molar-refractivity contribution in [3.8, 4) is 5.75 Å². The summed E-state index contributed by atoms with van der Waals surface area (Å²) >= 11 is 0. The quantitative estimate of drug-likeness (QED) is 0.693. The van der Waals surface area contributed by atoms with E-state index in [0.29, 0.717) is 11.3 Å². The minimum absolute atomic E-state index is 0.0797. The number of benzene rings is 2. The molecule has 0 aliphatic carbocycles. The number of aliphatic hydroxyl groups excluding tert-OH is 1. The summed E-state index contributed by atoms with van der Waals surface area (Å²) < 4.78 is 7.17. The average Bonchev–Trinajstić information content (AvgIpc) is 3.03. The Bertz CT molecular complexity index is 1010. The van der Waals surface area contributed by atoms with Gasteiger partial charge in [-0.2, -0.15) is 0 Å². The molecule has 0 bridgehead atoms. The summed E-state index contributed by atoms with van der Waals surface area (Å²) in [5.74, 6) is -0.694. The molecular formula is C20H23N3O4. The van der Waals surface area contributed by atoms with Crippen LogP contribution < -0.4 is 4.74 Å². The Labute approximate surface area is 157 Å². The van der Waals surface area contributed by atoms with Gasteiger partial charge in [-0.3, -0.25) is 4.79 Å². The molecule has 7 nitrogen and oxygen atoms in total. The van der Waals surface area contributed by atoms with Gasteiger partial charge in [-0.15, -0.1) is 5.10 Å². The van der Waals surface area contributed by atoms with E-state index in [-0.39, 0.29) is 13.0 Å². The molecule has 0 saturated heterocycles. The molecule has 3 rings (SSSR count). The first-order valence-corrected chi connectivity index (χ1v) is 8.66. The Morgan fingerprint density at radius 3 is 2.67 bits per heavy atom. The van der Waals surface area contributed by atoms with Gasteiger partial charge in [-0.25, -0.2) is 4.68 Å². The molecule has 3 aromatic rings. The summed E-state index contributed by atoms with van der Waals surface area (Å²) in [5.41, 5.74) is 5.75. The fourth-order valence-electron chi connectivity index (χ4n) is 3.52. The number of carbonyl (C=O) groups is 1. The highest BCUT2D eigenvalue weighted by atomic mass is 16.5. The minimum Gasteiger partial charge on any atom is -0.494 e. The molecule has 2 N–H and O–H groups in total. The second kappa shape index (κ2) is 7.36. The summed E-state index contributed by atoms with van der Waals surface area (Å²) in [5, 5.41) is 27.4. The third kappa shape index (κ3) is 3.38. The van der Waals surface area contributed by atoms with Gasteiger partial charge in [0.1, 0.15) is 16.8 Å². The van der Waals surface area contributed by atoms with E-state index in [1.54, 1.807) is 18.8 Å². The number of carboxylic acid groups (broad SMARTS) is 1. The van der Waals surface area contributed by atoms with Crippen molar-refractivity contribution in [2.75, 3.05) is 7.11 Å². The topological polar surface area (TPSA) is 97.5 Å². The summed E-state index contributed by atoms with van der Waals surface area (Å²) in [6.07, 6.45) is -0.0797. The Morgan fingerprint density at radius 1 is 1.30 bits per heavy atom. The zero-order valence-electron chi connectivity index (χ0n) is 15.9. The fraction of sp³-hybridized carbons (Fsp3) is 0.350. The van der Waals surface area contributed by atoms with E-state index in [1.807, 2.05) is 38.1 Å². The van der Waals surface area contributed by atoms with Gasteiger partial charge in [0.2, 0.25) is 0 Å². The number of hydrogen-bond donors (Lipinski definition) is 2. The van der Waals surface area contributed by atoms with Crippen LogP contribution in [-0.2, 0) is 18.4 Å². The van der Waals surface area contributed by atoms with Crippen molar-refractivity contribution in [2.24, 2.45) is 7.05 Å². The van der Waals surface area contributed by atoms with Crippen LogP contribution in [0.15, 0.2) is 24.3 Å². The normalized spacial score (nSPS) is 12.3. The Balaban J connectivity index is 2.24. The monoisotopic (exact) mass is 369 g/mol. The number of aliphatic hydroxyl groups is 1. The van der Waals surface area contributed by atoms with Crippen LogP contribution in [0.3, 0.4) is 0 Å². The number of fused-ring (bicyclic) bond motifs is 1. The summed E-state index contributed by atoms with van der Waals surface area (Å²) in [6.45, 7) is 3.74. The molecule has 142 valence electrons. The van der Waals surface area contributed by atoms with Gasteiger partial charge in [0.05, 0.1) is 20.1 Å². The van der Waals surface area contributed by atoms with Crippen molar-refractivity contribution in [3.05, 3.63) is 52.1 Å². The maximum Gasteiger partial charge on any atom is 0.304 e. The van der Waals surface area contributed by atoms with Gasteiger partial charge >= 0.3 is 5.97 Å². The molecule has 1 atom stereocenters. The highest BCUT2D eigenvalue weighted by Gasteiger charge is 2.24. The fourth-order valence-corrected chi connectivity index (χ4v) is 3.52. The lowest BCUT2D eigenvalue weighted by molar-refractivity contribution is -0.137. The number of aryl methyl sites for hydroxylation is 3. The van der Waals surface area contributed by atoms with E-state index in [4.69, 9.17) is 4.74 Å². The lowest BCUT2D eigenvalue weighted by Gasteiger charge is -2.21. The van der Waals surface area contributed by atoms with Crippen LogP contribution in [-0.4, -0.2) is 38.3 Å². The maximum atomic E-state index is 11.6. The second-order valence-corrected chi connectivity index (χ2v) is 6.70. The van der Waals surface area contributed by atoms with E-state index in [1.165, 1.54) is 0 Å². The van der Waals surface area contributed by atoms with Gasteiger partial charge in [0.15, 0.2) is 0 Å². The number of hydrogen-bond acceptors (Lipinski definition) is 5. The third-order valence-electron chi connectivity index (χ3n) is 5.05. The van der Waals surface area contributed by atoms with Crippen LogP contribution in [0.25, 0.3) is 11.0 Å². The maximum absolute atomic E-state index is 11.6. The molecule has 1 aromatic heterocycles. The van der Waals surface area contributed by atoms with E-state index >= 15 is 0 Å². The van der Waals surface area contributed by atoms with Crippen molar-refractivity contribution >= 4 is 17.0 Å². The van der Waals surface area contributed by atoms with Crippen LogP contribution in [0, 0.1) is 13.8 Å². The van der Waals surface area contributed by atoms with Gasteiger partial charge < -0.3 is 14.9 Å².